The molecule has 0 aromatic heterocycles. The fourth-order valence-electron chi connectivity index (χ4n) is 2.38. The van der Waals surface area contributed by atoms with E-state index in [1.165, 1.54) is 21.9 Å². The van der Waals surface area contributed by atoms with Crippen molar-refractivity contribution in [1.82, 2.24) is 9.80 Å². The number of halogens is 1. The Bertz CT molecular complexity index is 609. The van der Waals surface area contributed by atoms with E-state index in [-0.39, 0.29) is 12.1 Å². The Balaban J connectivity index is 2.11. The number of carbonyl (C=O) groups is 2. The van der Waals surface area contributed by atoms with Crippen molar-refractivity contribution >= 4 is 11.8 Å². The molecule has 1 aliphatic rings. The topological polar surface area (TPSA) is 64.4 Å². The SMILES string of the molecule is CCCN1CCN(Cc2cc(F)cc(C#N)c2)C(=O)C1=O. The number of benzene rings is 1. The molecule has 0 atom stereocenters. The molecule has 0 unspecified atom stereocenters. The number of carbonyl (C=O) groups excluding carboxylic acids is 2. The zero-order chi connectivity index (χ0) is 15.4. The van der Waals surface area contributed by atoms with Gasteiger partial charge in [0.05, 0.1) is 11.6 Å². The van der Waals surface area contributed by atoms with E-state index < -0.39 is 17.6 Å². The maximum absolute atomic E-state index is 13.4. The van der Waals surface area contributed by atoms with Crippen LogP contribution >= 0.6 is 0 Å². The summed E-state index contributed by atoms with van der Waals surface area (Å²) in [6, 6.07) is 5.81. The fraction of sp³-hybridized carbons (Fsp3) is 0.400. The predicted molar refractivity (Wildman–Crippen MR) is 73.4 cm³/mol. The van der Waals surface area contributed by atoms with E-state index in [2.05, 4.69) is 0 Å². The van der Waals surface area contributed by atoms with Crippen LogP contribution < -0.4 is 0 Å². The van der Waals surface area contributed by atoms with E-state index in [1.807, 2.05) is 13.0 Å². The molecule has 0 radical (unpaired) electrons. The molecular formula is C15H16FN3O2. The Hall–Kier alpha value is -2.42. The summed E-state index contributed by atoms with van der Waals surface area (Å²) in [5, 5.41) is 8.82. The fourth-order valence-corrected chi connectivity index (χ4v) is 2.38. The molecule has 0 N–H and O–H groups in total. The molecule has 1 saturated heterocycles. The molecule has 1 fully saturated rings. The lowest BCUT2D eigenvalue weighted by Gasteiger charge is -2.33. The molecule has 2 rings (SSSR count). The van der Waals surface area contributed by atoms with Crippen LogP contribution in [0.1, 0.15) is 24.5 Å². The third kappa shape index (κ3) is 3.37. The van der Waals surface area contributed by atoms with Crippen molar-refractivity contribution in [2.24, 2.45) is 0 Å². The van der Waals surface area contributed by atoms with Crippen molar-refractivity contribution in [2.75, 3.05) is 19.6 Å². The van der Waals surface area contributed by atoms with Crippen LogP contribution in [-0.2, 0) is 16.1 Å². The summed E-state index contributed by atoms with van der Waals surface area (Å²) in [6.07, 6.45) is 0.800. The van der Waals surface area contributed by atoms with Crippen LogP contribution in [0.2, 0.25) is 0 Å². The number of amides is 2. The highest BCUT2D eigenvalue weighted by Crippen LogP contribution is 2.14. The van der Waals surface area contributed by atoms with Gasteiger partial charge in [-0.3, -0.25) is 9.59 Å². The highest BCUT2D eigenvalue weighted by atomic mass is 19.1. The van der Waals surface area contributed by atoms with E-state index >= 15 is 0 Å². The third-order valence-corrected chi connectivity index (χ3v) is 3.35. The van der Waals surface area contributed by atoms with E-state index in [1.54, 1.807) is 0 Å². The van der Waals surface area contributed by atoms with Gasteiger partial charge in [0.25, 0.3) is 0 Å². The van der Waals surface area contributed by atoms with Crippen LogP contribution in [-0.4, -0.2) is 41.2 Å². The molecule has 5 nitrogen and oxygen atoms in total. The summed E-state index contributed by atoms with van der Waals surface area (Å²) >= 11 is 0. The molecule has 110 valence electrons. The smallest absolute Gasteiger partial charge is 0.312 e. The first-order valence-corrected chi connectivity index (χ1v) is 6.83. The quantitative estimate of drug-likeness (QED) is 0.784. The molecule has 0 bridgehead atoms. The van der Waals surface area contributed by atoms with Gasteiger partial charge in [0.15, 0.2) is 0 Å². The first kappa shape index (κ1) is 15.0. The number of hydrogen-bond acceptors (Lipinski definition) is 3. The van der Waals surface area contributed by atoms with Gasteiger partial charge in [-0.2, -0.15) is 5.26 Å². The van der Waals surface area contributed by atoms with Gasteiger partial charge in [0, 0.05) is 26.2 Å². The monoisotopic (exact) mass is 289 g/mol. The van der Waals surface area contributed by atoms with Crippen LogP contribution in [0.25, 0.3) is 0 Å². The zero-order valence-corrected chi connectivity index (χ0v) is 11.8. The summed E-state index contributed by atoms with van der Waals surface area (Å²) in [5.74, 6) is -1.61. The van der Waals surface area contributed by atoms with Gasteiger partial charge in [-0.1, -0.05) is 6.92 Å². The minimum atomic E-state index is -0.572. The molecule has 6 heteroatoms. The van der Waals surface area contributed by atoms with E-state index in [4.69, 9.17) is 5.26 Å². The number of nitriles is 1. The molecule has 1 aromatic rings. The second-order valence-electron chi connectivity index (χ2n) is 4.98. The molecule has 1 heterocycles. The van der Waals surface area contributed by atoms with Gasteiger partial charge in [-0.25, -0.2) is 4.39 Å². The van der Waals surface area contributed by atoms with Crippen molar-refractivity contribution in [3.63, 3.8) is 0 Å². The Morgan fingerprint density at radius 2 is 1.86 bits per heavy atom. The summed E-state index contributed by atoms with van der Waals surface area (Å²) < 4.78 is 13.4. The number of hydrogen-bond donors (Lipinski definition) is 0. The molecular weight excluding hydrogens is 273 g/mol. The van der Waals surface area contributed by atoms with Gasteiger partial charge in [0.2, 0.25) is 0 Å². The highest BCUT2D eigenvalue weighted by Gasteiger charge is 2.31. The summed E-state index contributed by atoms with van der Waals surface area (Å²) in [7, 11) is 0. The zero-order valence-electron chi connectivity index (χ0n) is 11.8. The Morgan fingerprint density at radius 3 is 2.52 bits per heavy atom. The average molecular weight is 289 g/mol. The van der Waals surface area contributed by atoms with Gasteiger partial charge >= 0.3 is 11.8 Å². The maximum Gasteiger partial charge on any atom is 0.312 e. The van der Waals surface area contributed by atoms with Crippen LogP contribution in [0, 0.1) is 17.1 Å². The molecule has 0 aliphatic carbocycles. The molecule has 1 aliphatic heterocycles. The summed E-state index contributed by atoms with van der Waals surface area (Å²) in [6.45, 7) is 3.55. The van der Waals surface area contributed by atoms with Crippen LogP contribution in [0.15, 0.2) is 18.2 Å². The van der Waals surface area contributed by atoms with E-state index in [0.29, 0.717) is 25.2 Å². The van der Waals surface area contributed by atoms with Gasteiger partial charge in [0.1, 0.15) is 5.82 Å². The van der Waals surface area contributed by atoms with Gasteiger partial charge < -0.3 is 9.80 Å². The van der Waals surface area contributed by atoms with Crippen LogP contribution in [0.5, 0.6) is 0 Å². The molecule has 1 aromatic carbocycles. The lowest BCUT2D eigenvalue weighted by molar-refractivity contribution is -0.156. The van der Waals surface area contributed by atoms with Gasteiger partial charge in [-0.15, -0.1) is 0 Å². The summed E-state index contributed by atoms with van der Waals surface area (Å²) in [4.78, 5) is 26.9. The lowest BCUT2D eigenvalue weighted by Crippen LogP contribution is -2.53. The molecule has 21 heavy (non-hydrogen) atoms. The number of nitrogens with zero attached hydrogens (tertiary/aromatic N) is 3. The van der Waals surface area contributed by atoms with Crippen molar-refractivity contribution in [1.29, 1.82) is 5.26 Å². The first-order valence-electron chi connectivity index (χ1n) is 6.83. The number of rotatable bonds is 4. The second-order valence-corrected chi connectivity index (χ2v) is 4.98. The minimum absolute atomic E-state index is 0.136. The molecule has 0 saturated carbocycles. The normalized spacial score (nSPS) is 15.3. The Kier molecular flexibility index (Phi) is 4.53. The van der Waals surface area contributed by atoms with E-state index in [9.17, 15) is 14.0 Å². The van der Waals surface area contributed by atoms with Crippen LogP contribution in [0.4, 0.5) is 4.39 Å². The van der Waals surface area contributed by atoms with Crippen molar-refractivity contribution in [3.05, 3.63) is 35.1 Å². The average Bonchev–Trinajstić information content (AvgIpc) is 2.46. The van der Waals surface area contributed by atoms with Crippen molar-refractivity contribution in [2.45, 2.75) is 19.9 Å². The largest absolute Gasteiger partial charge is 0.333 e. The van der Waals surface area contributed by atoms with Gasteiger partial charge in [-0.05, 0) is 30.2 Å². The van der Waals surface area contributed by atoms with Crippen LogP contribution in [0.3, 0.4) is 0 Å². The highest BCUT2D eigenvalue weighted by molar-refractivity contribution is 6.35. The Labute approximate surface area is 122 Å². The van der Waals surface area contributed by atoms with Crippen molar-refractivity contribution < 1.29 is 14.0 Å². The Morgan fingerprint density at radius 1 is 1.19 bits per heavy atom. The first-order chi connectivity index (χ1) is 10.0. The summed E-state index contributed by atoms with van der Waals surface area (Å²) in [5.41, 5.74) is 0.713. The van der Waals surface area contributed by atoms with Crippen molar-refractivity contribution in [3.8, 4) is 6.07 Å². The maximum atomic E-state index is 13.4. The standard InChI is InChI=1S/C15H16FN3O2/c1-2-3-18-4-5-19(15(21)14(18)20)10-12-6-11(9-17)7-13(16)8-12/h6-8H,2-5,10H2,1H3. The second kappa shape index (κ2) is 6.35. The molecule has 2 amide bonds. The third-order valence-electron chi connectivity index (χ3n) is 3.35. The minimum Gasteiger partial charge on any atom is -0.333 e. The predicted octanol–water partition coefficient (Wildman–Crippen LogP) is 1.28. The number of piperazine rings is 1. The molecule has 0 spiro atoms. The lowest BCUT2D eigenvalue weighted by atomic mass is 10.1. The van der Waals surface area contributed by atoms with E-state index in [0.717, 1.165) is 12.5 Å².